The van der Waals surface area contributed by atoms with Crippen LogP contribution < -0.4 is 0 Å². The van der Waals surface area contributed by atoms with Crippen LogP contribution >= 0.6 is 0 Å². The van der Waals surface area contributed by atoms with Gasteiger partial charge in [0.15, 0.2) is 0 Å². The van der Waals surface area contributed by atoms with Crippen molar-refractivity contribution in [2.24, 2.45) is 0 Å². The number of carbonyl (C=O) groups is 2. The molecule has 0 aliphatic rings. The maximum absolute atomic E-state index is 8.00. The molecule has 0 aromatic rings. The SMILES string of the molecule is C=O.C=O.[Re]. The van der Waals surface area contributed by atoms with E-state index in [4.69, 9.17) is 9.59 Å². The second kappa shape index (κ2) is 6600000. The van der Waals surface area contributed by atoms with Gasteiger partial charge in [0.1, 0.15) is 13.6 Å². The van der Waals surface area contributed by atoms with E-state index in [1.165, 1.54) is 0 Å². The molecule has 0 fully saturated rings. The van der Waals surface area contributed by atoms with Gasteiger partial charge in [-0.1, -0.05) is 0 Å². The van der Waals surface area contributed by atoms with Crippen molar-refractivity contribution in [2.45, 2.75) is 0 Å². The van der Waals surface area contributed by atoms with Gasteiger partial charge in [0.2, 0.25) is 0 Å². The topological polar surface area (TPSA) is 34.1 Å². The largest absolute Gasteiger partial charge is 0.307 e. The Morgan fingerprint density at radius 1 is 0.800 bits per heavy atom. The minimum atomic E-state index is 0. The summed E-state index contributed by atoms with van der Waals surface area (Å²) >= 11 is 0. The minimum absolute atomic E-state index is 0. The predicted molar refractivity (Wildman–Crippen MR) is 14.2 cm³/mol. The van der Waals surface area contributed by atoms with Gasteiger partial charge in [-0.2, -0.15) is 0 Å². The number of hydrogen-bond acceptors (Lipinski definition) is 2. The summed E-state index contributed by atoms with van der Waals surface area (Å²) in [4.78, 5) is 16.0. The molecule has 0 N–H and O–H groups in total. The van der Waals surface area contributed by atoms with Crippen LogP contribution in [0, 0.1) is 0 Å². The number of carbonyl (C=O) groups excluding carboxylic acids is 2. The normalized spacial score (nSPS) is 1.60. The van der Waals surface area contributed by atoms with Gasteiger partial charge in [0.25, 0.3) is 0 Å². The van der Waals surface area contributed by atoms with Crippen molar-refractivity contribution in [1.29, 1.82) is 0 Å². The quantitative estimate of drug-likeness (QED) is 0.584. The van der Waals surface area contributed by atoms with Crippen molar-refractivity contribution in [3.05, 3.63) is 0 Å². The van der Waals surface area contributed by atoms with Crippen molar-refractivity contribution < 1.29 is 30.0 Å². The Kier molecular flexibility index (Phi) is 26400000. The van der Waals surface area contributed by atoms with Crippen molar-refractivity contribution in [3.8, 4) is 0 Å². The molecule has 0 bridgehead atoms. The Morgan fingerprint density at radius 2 is 0.800 bits per heavy atom. The summed E-state index contributed by atoms with van der Waals surface area (Å²) in [6.07, 6.45) is 0. The minimum Gasteiger partial charge on any atom is -0.307 e. The van der Waals surface area contributed by atoms with Gasteiger partial charge in [-0.3, -0.25) is 0 Å². The predicted octanol–water partition coefficient (Wildman–Crippen LogP) is -0.372. The summed E-state index contributed by atoms with van der Waals surface area (Å²) in [5.74, 6) is 0. The summed E-state index contributed by atoms with van der Waals surface area (Å²) < 4.78 is 0. The van der Waals surface area contributed by atoms with E-state index < -0.39 is 0 Å². The Morgan fingerprint density at radius 3 is 0.800 bits per heavy atom. The van der Waals surface area contributed by atoms with Gasteiger partial charge in [-0.05, 0) is 0 Å². The molecule has 0 aromatic carbocycles. The first-order valence-electron chi connectivity index (χ1n) is 0.577. The monoisotopic (exact) mass is 247 g/mol. The molecule has 0 unspecified atom stereocenters. The van der Waals surface area contributed by atoms with Gasteiger partial charge < -0.3 is 9.59 Å². The van der Waals surface area contributed by atoms with Gasteiger partial charge >= 0.3 is 0 Å². The van der Waals surface area contributed by atoms with Crippen molar-refractivity contribution in [1.82, 2.24) is 0 Å². The summed E-state index contributed by atoms with van der Waals surface area (Å²) in [6, 6.07) is 0. The molecule has 0 atom stereocenters. The van der Waals surface area contributed by atoms with Crippen LogP contribution in [0.15, 0.2) is 0 Å². The standard InChI is InChI=1S/2CH2O.Re/c2*1-2;/h2*1H2;. The van der Waals surface area contributed by atoms with Crippen LogP contribution in [-0.4, -0.2) is 13.6 Å². The van der Waals surface area contributed by atoms with E-state index in [1.54, 1.807) is 0 Å². The zero-order chi connectivity index (χ0) is 4.00. The third kappa shape index (κ3) is 2940000. The van der Waals surface area contributed by atoms with Crippen LogP contribution in [0.2, 0.25) is 0 Å². The molecule has 0 spiro atoms. The zero-order valence-corrected chi connectivity index (χ0v) is 5.32. The van der Waals surface area contributed by atoms with Gasteiger partial charge in [-0.25, -0.2) is 0 Å². The Bertz CT molecular complexity index is 9.61. The molecule has 1 radical (unpaired) electrons. The van der Waals surface area contributed by atoms with Crippen molar-refractivity contribution >= 4 is 13.6 Å². The summed E-state index contributed by atoms with van der Waals surface area (Å²) in [6.45, 7) is 4.00. The average molecular weight is 246 g/mol. The van der Waals surface area contributed by atoms with Crippen LogP contribution in [0.3, 0.4) is 0 Å². The number of rotatable bonds is 0. The molecule has 0 heterocycles. The molecule has 0 aliphatic heterocycles. The van der Waals surface area contributed by atoms with Gasteiger partial charge in [-0.15, -0.1) is 0 Å². The van der Waals surface area contributed by atoms with E-state index in [2.05, 4.69) is 0 Å². The van der Waals surface area contributed by atoms with Crippen molar-refractivity contribution in [2.75, 3.05) is 0 Å². The van der Waals surface area contributed by atoms with Crippen LogP contribution in [0.5, 0.6) is 0 Å². The Hall–Kier alpha value is 0.00234. The molecule has 2 nitrogen and oxygen atoms in total. The third-order valence-electron chi connectivity index (χ3n) is 0. The zero-order valence-electron chi connectivity index (χ0n) is 2.61. The average Bonchev–Trinajstić information content (AvgIpc) is 1.50. The van der Waals surface area contributed by atoms with E-state index in [-0.39, 0.29) is 20.4 Å². The molecular weight excluding hydrogens is 242 g/mol. The maximum atomic E-state index is 8.00. The van der Waals surface area contributed by atoms with Crippen LogP contribution in [0.25, 0.3) is 0 Å². The molecule has 0 aromatic heterocycles. The van der Waals surface area contributed by atoms with Crippen LogP contribution in [0.4, 0.5) is 0 Å². The summed E-state index contributed by atoms with van der Waals surface area (Å²) in [5, 5.41) is 0. The van der Waals surface area contributed by atoms with Crippen molar-refractivity contribution in [3.63, 3.8) is 0 Å². The maximum Gasteiger partial charge on any atom is 0.106 e. The molecule has 0 aliphatic carbocycles. The van der Waals surface area contributed by atoms with Crippen LogP contribution in [-0.2, 0) is 30.0 Å². The first kappa shape index (κ1) is 20.0. The molecule has 3 heteroatoms. The molecule has 5 heavy (non-hydrogen) atoms. The van der Waals surface area contributed by atoms with Crippen LogP contribution in [0.1, 0.15) is 0 Å². The van der Waals surface area contributed by atoms with E-state index in [1.807, 2.05) is 13.6 Å². The fraction of sp³-hybridized carbons (Fsp3) is 0. The first-order chi connectivity index (χ1) is 2.00. The molecule has 0 amide bonds. The first-order valence-corrected chi connectivity index (χ1v) is 0.577. The summed E-state index contributed by atoms with van der Waals surface area (Å²) in [7, 11) is 0. The smallest absolute Gasteiger partial charge is 0.106 e. The summed E-state index contributed by atoms with van der Waals surface area (Å²) in [5.41, 5.74) is 0. The Labute approximate surface area is 44.2 Å². The fourth-order valence-corrected chi connectivity index (χ4v) is 0. The second-order valence-corrected chi connectivity index (χ2v) is 0. The molecule has 0 rings (SSSR count). The van der Waals surface area contributed by atoms with E-state index in [9.17, 15) is 0 Å². The van der Waals surface area contributed by atoms with E-state index in [0.717, 1.165) is 0 Å². The molecule has 0 saturated heterocycles. The van der Waals surface area contributed by atoms with E-state index >= 15 is 0 Å². The number of hydrogen-bond donors (Lipinski definition) is 0. The van der Waals surface area contributed by atoms with E-state index in [0.29, 0.717) is 0 Å². The third-order valence-corrected chi connectivity index (χ3v) is 0. The molecule has 0 saturated carbocycles. The Balaban J connectivity index is -0.0000000133. The molecular formula is C2H4O2Re. The second-order valence-electron chi connectivity index (χ2n) is 0. The van der Waals surface area contributed by atoms with Gasteiger partial charge in [0, 0.05) is 20.4 Å². The fourth-order valence-electron chi connectivity index (χ4n) is 0. The molecule has 31 valence electrons. The van der Waals surface area contributed by atoms with Gasteiger partial charge in [0.05, 0.1) is 0 Å².